The van der Waals surface area contributed by atoms with Crippen LogP contribution in [-0.2, 0) is 4.79 Å². The van der Waals surface area contributed by atoms with E-state index in [2.05, 4.69) is 16.0 Å². The Kier molecular flexibility index (Phi) is 4.23. The molecular weight excluding hydrogens is 307 g/mol. The maximum absolute atomic E-state index is 12.4. The summed E-state index contributed by atoms with van der Waals surface area (Å²) in [5, 5.41) is 8.41. The smallest absolute Gasteiger partial charge is 0.375 e. The summed E-state index contributed by atoms with van der Waals surface area (Å²) in [6.07, 6.45) is -1.45. The number of carbonyl (C=O) groups excluding carboxylic acids is 1. The van der Waals surface area contributed by atoms with Crippen LogP contribution >= 0.6 is 0 Å². The van der Waals surface area contributed by atoms with E-state index in [-0.39, 0.29) is 22.9 Å². The van der Waals surface area contributed by atoms with Gasteiger partial charge < -0.3 is 16.0 Å². The monoisotopic (exact) mass is 327 g/mol. The summed E-state index contributed by atoms with van der Waals surface area (Å²) in [5.41, 5.74) is 0.792. The van der Waals surface area contributed by atoms with Crippen molar-refractivity contribution in [1.82, 2.24) is 5.32 Å². The first-order valence-corrected chi connectivity index (χ1v) is 7.81. The number of anilines is 2. The Morgan fingerprint density at radius 3 is 2.52 bits per heavy atom. The Labute approximate surface area is 132 Å². The first kappa shape index (κ1) is 16.1. The van der Waals surface area contributed by atoms with E-state index in [1.807, 2.05) is 0 Å². The molecule has 1 amide bonds. The van der Waals surface area contributed by atoms with Gasteiger partial charge in [0.05, 0.1) is 11.4 Å². The van der Waals surface area contributed by atoms with Crippen LogP contribution in [0.3, 0.4) is 0 Å². The fourth-order valence-corrected chi connectivity index (χ4v) is 3.36. The largest absolute Gasteiger partial charge is 0.405 e. The SMILES string of the molecule is O=C(Nc1ccccc1NCC(F)(F)F)C1CC12CCNCC2. The van der Waals surface area contributed by atoms with Crippen molar-refractivity contribution in [3.63, 3.8) is 0 Å². The molecule has 7 heteroatoms. The molecule has 126 valence electrons. The highest BCUT2D eigenvalue weighted by Crippen LogP contribution is 2.58. The third kappa shape index (κ3) is 3.77. The van der Waals surface area contributed by atoms with Gasteiger partial charge in [0.2, 0.25) is 5.91 Å². The Morgan fingerprint density at radius 1 is 1.22 bits per heavy atom. The van der Waals surface area contributed by atoms with E-state index >= 15 is 0 Å². The molecule has 1 aromatic carbocycles. The fraction of sp³-hybridized carbons (Fsp3) is 0.562. The molecule has 2 aliphatic rings. The number of rotatable bonds is 4. The minimum absolute atomic E-state index is 0.0275. The summed E-state index contributed by atoms with van der Waals surface area (Å²) in [5.74, 6) is -0.117. The lowest BCUT2D eigenvalue weighted by Crippen LogP contribution is -2.31. The van der Waals surface area contributed by atoms with E-state index in [1.54, 1.807) is 18.2 Å². The van der Waals surface area contributed by atoms with Gasteiger partial charge in [-0.1, -0.05) is 12.1 Å². The molecule has 1 aromatic rings. The van der Waals surface area contributed by atoms with E-state index in [0.717, 1.165) is 32.4 Å². The summed E-state index contributed by atoms with van der Waals surface area (Å²) >= 11 is 0. The van der Waals surface area contributed by atoms with E-state index in [0.29, 0.717) is 5.69 Å². The number of para-hydroxylation sites is 2. The molecule has 0 aromatic heterocycles. The molecule has 1 spiro atoms. The van der Waals surface area contributed by atoms with Gasteiger partial charge in [-0.2, -0.15) is 13.2 Å². The van der Waals surface area contributed by atoms with Gasteiger partial charge in [0, 0.05) is 5.92 Å². The van der Waals surface area contributed by atoms with E-state index in [9.17, 15) is 18.0 Å². The molecule has 1 heterocycles. The number of amides is 1. The minimum atomic E-state index is -4.30. The highest BCUT2D eigenvalue weighted by atomic mass is 19.4. The van der Waals surface area contributed by atoms with Crippen molar-refractivity contribution in [2.45, 2.75) is 25.4 Å². The Balaban J connectivity index is 1.63. The average Bonchev–Trinajstić information content (AvgIpc) is 3.19. The zero-order chi connectivity index (χ0) is 16.5. The van der Waals surface area contributed by atoms with E-state index in [1.165, 1.54) is 6.07 Å². The van der Waals surface area contributed by atoms with Crippen LogP contribution in [0.15, 0.2) is 24.3 Å². The molecule has 1 atom stereocenters. The van der Waals surface area contributed by atoms with Crippen molar-refractivity contribution < 1.29 is 18.0 Å². The lowest BCUT2D eigenvalue weighted by Gasteiger charge is -2.23. The minimum Gasteiger partial charge on any atom is -0.375 e. The van der Waals surface area contributed by atoms with Gasteiger partial charge >= 0.3 is 6.18 Å². The standard InChI is InChI=1S/C16H20F3N3O/c17-16(18,19)10-21-12-3-1-2-4-13(12)22-14(23)11-9-15(11)5-7-20-8-6-15/h1-4,11,20-21H,5-10H2,(H,22,23). The summed E-state index contributed by atoms with van der Waals surface area (Å²) in [4.78, 5) is 12.4. The van der Waals surface area contributed by atoms with E-state index < -0.39 is 12.7 Å². The molecule has 3 N–H and O–H groups in total. The predicted octanol–water partition coefficient (Wildman–Crippen LogP) is 2.99. The maximum atomic E-state index is 12.4. The molecule has 1 saturated heterocycles. The summed E-state index contributed by atoms with van der Waals surface area (Å²) in [6, 6.07) is 6.49. The number of hydrogen-bond acceptors (Lipinski definition) is 3. The first-order valence-electron chi connectivity index (χ1n) is 7.81. The highest BCUT2D eigenvalue weighted by Gasteiger charge is 2.57. The molecule has 23 heavy (non-hydrogen) atoms. The maximum Gasteiger partial charge on any atom is 0.405 e. The van der Waals surface area contributed by atoms with Crippen LogP contribution in [0.4, 0.5) is 24.5 Å². The Hall–Kier alpha value is -1.76. The molecule has 1 aliphatic carbocycles. The third-order valence-electron chi connectivity index (χ3n) is 4.77. The van der Waals surface area contributed by atoms with Gasteiger partial charge in [-0.25, -0.2) is 0 Å². The van der Waals surface area contributed by atoms with Gasteiger partial charge in [0.15, 0.2) is 0 Å². The molecule has 4 nitrogen and oxygen atoms in total. The number of piperidine rings is 1. The van der Waals surface area contributed by atoms with Crippen molar-refractivity contribution in [2.24, 2.45) is 11.3 Å². The number of benzene rings is 1. The topological polar surface area (TPSA) is 53.2 Å². The zero-order valence-corrected chi connectivity index (χ0v) is 12.7. The Bertz CT molecular complexity index is 582. The molecule has 0 radical (unpaired) electrons. The first-order chi connectivity index (χ1) is 10.9. The fourth-order valence-electron chi connectivity index (χ4n) is 3.36. The molecule has 2 fully saturated rings. The van der Waals surface area contributed by atoms with Gasteiger partial charge in [-0.15, -0.1) is 0 Å². The van der Waals surface area contributed by atoms with Crippen molar-refractivity contribution >= 4 is 17.3 Å². The van der Waals surface area contributed by atoms with Crippen LogP contribution in [0.25, 0.3) is 0 Å². The van der Waals surface area contributed by atoms with Gasteiger partial charge in [0.1, 0.15) is 6.54 Å². The molecular formula is C16H20F3N3O. The van der Waals surface area contributed by atoms with Crippen molar-refractivity contribution in [2.75, 3.05) is 30.3 Å². The zero-order valence-electron chi connectivity index (χ0n) is 12.7. The number of nitrogens with one attached hydrogen (secondary N) is 3. The van der Waals surface area contributed by atoms with Crippen molar-refractivity contribution in [1.29, 1.82) is 0 Å². The van der Waals surface area contributed by atoms with Gasteiger partial charge in [0.25, 0.3) is 0 Å². The van der Waals surface area contributed by atoms with Gasteiger partial charge in [-0.05, 0) is 49.9 Å². The van der Waals surface area contributed by atoms with Crippen molar-refractivity contribution in [3.05, 3.63) is 24.3 Å². The lowest BCUT2D eigenvalue weighted by atomic mass is 9.92. The third-order valence-corrected chi connectivity index (χ3v) is 4.77. The van der Waals surface area contributed by atoms with Crippen LogP contribution < -0.4 is 16.0 Å². The summed E-state index contributed by atoms with van der Waals surface area (Å²) in [6.45, 7) is 0.722. The number of hydrogen-bond donors (Lipinski definition) is 3. The summed E-state index contributed by atoms with van der Waals surface area (Å²) < 4.78 is 37.1. The highest BCUT2D eigenvalue weighted by molar-refractivity contribution is 5.97. The quantitative estimate of drug-likeness (QED) is 0.797. The van der Waals surface area contributed by atoms with Gasteiger partial charge in [-0.3, -0.25) is 4.79 Å². The Morgan fingerprint density at radius 2 is 1.87 bits per heavy atom. The van der Waals surface area contributed by atoms with Crippen LogP contribution in [0, 0.1) is 11.3 Å². The molecule has 1 unspecified atom stereocenters. The van der Waals surface area contributed by atoms with Crippen LogP contribution in [0.2, 0.25) is 0 Å². The predicted molar refractivity (Wildman–Crippen MR) is 82.3 cm³/mol. The van der Waals surface area contributed by atoms with Crippen LogP contribution in [0.5, 0.6) is 0 Å². The molecule has 1 saturated carbocycles. The summed E-state index contributed by atoms with van der Waals surface area (Å²) in [7, 11) is 0. The second-order valence-electron chi connectivity index (χ2n) is 6.37. The molecule has 3 rings (SSSR count). The number of carbonyl (C=O) groups is 1. The molecule has 0 bridgehead atoms. The number of alkyl halides is 3. The second-order valence-corrected chi connectivity index (χ2v) is 6.37. The lowest BCUT2D eigenvalue weighted by molar-refractivity contribution is -0.118. The van der Waals surface area contributed by atoms with E-state index in [4.69, 9.17) is 0 Å². The normalized spacial score (nSPS) is 22.7. The van der Waals surface area contributed by atoms with Crippen LogP contribution in [-0.4, -0.2) is 31.7 Å². The van der Waals surface area contributed by atoms with Crippen molar-refractivity contribution in [3.8, 4) is 0 Å². The second kappa shape index (κ2) is 6.03. The molecule has 1 aliphatic heterocycles. The van der Waals surface area contributed by atoms with Crippen LogP contribution in [0.1, 0.15) is 19.3 Å². The number of halogens is 3. The average molecular weight is 327 g/mol.